The van der Waals surface area contributed by atoms with Gasteiger partial charge in [0.2, 0.25) is 0 Å². The Hall–Kier alpha value is -4.55. The van der Waals surface area contributed by atoms with E-state index in [0.29, 0.717) is 6.54 Å². The molecule has 1 aromatic heterocycles. The van der Waals surface area contributed by atoms with Gasteiger partial charge in [-0.05, 0) is 23.8 Å². The monoisotopic (exact) mass is 461 g/mol. The fourth-order valence-electron chi connectivity index (χ4n) is 2.51. The molecule has 7 N–H and O–H groups in total. The summed E-state index contributed by atoms with van der Waals surface area (Å²) in [6.45, 7) is 0.0612. The molecule has 0 aliphatic rings. The molecule has 0 spiro atoms. The number of aromatic hydroxyl groups is 1. The summed E-state index contributed by atoms with van der Waals surface area (Å²) in [5.41, 5.74) is 0.690. The van der Waals surface area contributed by atoms with Crippen LogP contribution in [0.4, 0.5) is 9.59 Å². The van der Waals surface area contributed by atoms with E-state index in [2.05, 4.69) is 20.9 Å². The van der Waals surface area contributed by atoms with Crippen molar-refractivity contribution in [2.24, 2.45) is 0 Å². The summed E-state index contributed by atoms with van der Waals surface area (Å²) >= 11 is 0. The number of nitrogens with zero attached hydrogens (tertiary/aromatic N) is 1. The minimum atomic E-state index is -1.55. The second kappa shape index (κ2) is 12.3. The number of urea groups is 1. The van der Waals surface area contributed by atoms with Crippen molar-refractivity contribution in [3.63, 3.8) is 0 Å². The number of ether oxygens (including phenoxy) is 1. The zero-order valence-electron chi connectivity index (χ0n) is 17.3. The molecule has 1 heterocycles. The van der Waals surface area contributed by atoms with E-state index in [0.717, 1.165) is 5.56 Å². The van der Waals surface area contributed by atoms with Gasteiger partial charge in [-0.3, -0.25) is 9.78 Å². The highest BCUT2D eigenvalue weighted by Gasteiger charge is 2.21. The van der Waals surface area contributed by atoms with E-state index < -0.39 is 42.3 Å². The van der Waals surface area contributed by atoms with Crippen molar-refractivity contribution in [2.75, 3.05) is 19.7 Å². The molecule has 0 bridgehead atoms. The lowest BCUT2D eigenvalue weighted by atomic mass is 10.1. The number of carboxylic acids is 1. The van der Waals surface area contributed by atoms with Crippen LogP contribution in [0, 0.1) is 0 Å². The van der Waals surface area contributed by atoms with Crippen LogP contribution >= 0.6 is 0 Å². The molecule has 4 amide bonds. The van der Waals surface area contributed by atoms with Gasteiger partial charge in [0.05, 0.1) is 12.1 Å². The van der Waals surface area contributed by atoms with Gasteiger partial charge in [0, 0.05) is 31.5 Å². The average molecular weight is 461 g/mol. The average Bonchev–Trinajstić information content (AvgIpc) is 2.78. The van der Waals surface area contributed by atoms with E-state index in [9.17, 15) is 24.3 Å². The molecule has 33 heavy (non-hydrogen) atoms. The van der Waals surface area contributed by atoms with E-state index in [4.69, 9.17) is 14.9 Å². The Balaban J connectivity index is 1.75. The third kappa shape index (κ3) is 8.61. The largest absolute Gasteiger partial charge is 0.507 e. The smallest absolute Gasteiger partial charge is 0.405 e. The van der Waals surface area contributed by atoms with Gasteiger partial charge in [-0.2, -0.15) is 0 Å². The first kappa shape index (κ1) is 24.7. The van der Waals surface area contributed by atoms with E-state index in [-0.39, 0.29) is 24.5 Å². The van der Waals surface area contributed by atoms with Gasteiger partial charge in [0.25, 0.3) is 5.91 Å². The topological polar surface area (TPSA) is 199 Å². The highest BCUT2D eigenvalue weighted by Crippen LogP contribution is 2.23. The first-order chi connectivity index (χ1) is 15.8. The number of benzene rings is 1. The van der Waals surface area contributed by atoms with Crippen LogP contribution in [0.15, 0.2) is 42.7 Å². The van der Waals surface area contributed by atoms with Crippen molar-refractivity contribution < 1.29 is 39.2 Å². The lowest BCUT2D eigenvalue weighted by Crippen LogP contribution is -2.48. The van der Waals surface area contributed by atoms with Crippen LogP contribution in [0.1, 0.15) is 15.9 Å². The molecule has 1 aromatic carbocycles. The number of phenolic OH excluding ortho intramolecular Hbond substituents is 1. The van der Waals surface area contributed by atoms with Crippen LogP contribution in [0.5, 0.6) is 11.5 Å². The Labute approximate surface area is 187 Å². The molecule has 13 nitrogen and oxygen atoms in total. The number of pyridine rings is 1. The highest BCUT2D eigenvalue weighted by atomic mass is 16.5. The van der Waals surface area contributed by atoms with Gasteiger partial charge < -0.3 is 41.3 Å². The van der Waals surface area contributed by atoms with Gasteiger partial charge in [-0.15, -0.1) is 0 Å². The molecule has 0 fully saturated rings. The molecular weight excluding hydrogens is 438 g/mol. The number of carboxylic acid groups (broad SMARTS) is 2. The highest BCUT2D eigenvalue weighted by molar-refractivity contribution is 5.97. The summed E-state index contributed by atoms with van der Waals surface area (Å²) in [6.07, 6.45) is 1.71. The molecule has 0 saturated heterocycles. The first-order valence-electron chi connectivity index (χ1n) is 9.63. The minimum Gasteiger partial charge on any atom is -0.507 e. The zero-order chi connectivity index (χ0) is 24.2. The molecule has 2 rings (SSSR count). The third-order valence-corrected chi connectivity index (χ3v) is 4.11. The molecule has 1 unspecified atom stereocenters. The molecule has 0 aliphatic heterocycles. The Morgan fingerprint density at radius 3 is 2.48 bits per heavy atom. The van der Waals surface area contributed by atoms with Crippen LogP contribution in [0.3, 0.4) is 0 Å². The fourth-order valence-corrected chi connectivity index (χ4v) is 2.51. The lowest BCUT2D eigenvalue weighted by molar-refractivity contribution is -0.139. The van der Waals surface area contributed by atoms with Crippen molar-refractivity contribution in [2.45, 2.75) is 12.6 Å². The number of hydrogen-bond donors (Lipinski definition) is 7. The molecule has 0 aliphatic carbocycles. The fraction of sp³-hybridized carbons (Fsp3) is 0.250. The van der Waals surface area contributed by atoms with Crippen molar-refractivity contribution in [3.05, 3.63) is 53.9 Å². The first-order valence-corrected chi connectivity index (χ1v) is 9.63. The van der Waals surface area contributed by atoms with Crippen LogP contribution in [-0.2, 0) is 11.3 Å². The van der Waals surface area contributed by atoms with Gasteiger partial charge in [0.1, 0.15) is 24.1 Å². The number of nitrogens with one attached hydrogen (secondary N) is 4. The van der Waals surface area contributed by atoms with Gasteiger partial charge in [-0.1, -0.05) is 6.07 Å². The standard InChI is InChI=1S/C20H23N5O8/c26-16-8-13(33-7-6-22-19(30)24-10-12-2-1-5-21-9-12)3-4-14(16)17(27)23-11-15(18(28)29)25-20(31)32/h1-5,8-9,15,25-26H,6-7,10-11H2,(H,23,27)(H,28,29)(H,31,32)(H2,22,24,30). The Kier molecular flexibility index (Phi) is 9.24. The van der Waals surface area contributed by atoms with Crippen LogP contribution in [0.25, 0.3) is 0 Å². The summed E-state index contributed by atoms with van der Waals surface area (Å²) in [6, 6.07) is 5.48. The number of phenols is 1. The quantitative estimate of drug-likeness (QED) is 0.227. The molecule has 176 valence electrons. The molecule has 2 aromatic rings. The van der Waals surface area contributed by atoms with E-state index in [1.165, 1.54) is 18.2 Å². The Bertz CT molecular complexity index is 986. The molecule has 0 saturated carbocycles. The SMILES string of the molecule is O=C(O)NC(CNC(=O)c1ccc(OCCNC(=O)NCc2cccnc2)cc1O)C(=O)O. The normalized spacial score (nSPS) is 11.0. The zero-order valence-corrected chi connectivity index (χ0v) is 17.3. The predicted molar refractivity (Wildman–Crippen MR) is 113 cm³/mol. The maximum Gasteiger partial charge on any atom is 0.405 e. The van der Waals surface area contributed by atoms with Crippen LogP contribution < -0.4 is 26.0 Å². The summed E-state index contributed by atoms with van der Waals surface area (Å²) in [5, 5.41) is 36.8. The number of carbonyl (C=O) groups is 4. The lowest BCUT2D eigenvalue weighted by Gasteiger charge is -2.14. The van der Waals surface area contributed by atoms with Crippen LogP contribution in [0.2, 0.25) is 0 Å². The summed E-state index contributed by atoms with van der Waals surface area (Å²) in [5.74, 6) is -2.46. The second-order valence-electron chi connectivity index (χ2n) is 6.55. The Morgan fingerprint density at radius 1 is 1.06 bits per heavy atom. The summed E-state index contributed by atoms with van der Waals surface area (Å²) in [4.78, 5) is 49.4. The third-order valence-electron chi connectivity index (χ3n) is 4.11. The number of aliphatic carboxylic acids is 1. The molecular formula is C20H23N5O8. The van der Waals surface area contributed by atoms with Gasteiger partial charge >= 0.3 is 18.1 Å². The minimum absolute atomic E-state index is 0.0897. The number of rotatable bonds is 11. The van der Waals surface area contributed by atoms with Gasteiger partial charge in [0.15, 0.2) is 0 Å². The summed E-state index contributed by atoms with van der Waals surface area (Å²) < 4.78 is 5.41. The predicted octanol–water partition coefficient (Wildman–Crippen LogP) is 0.116. The van der Waals surface area contributed by atoms with Crippen molar-refractivity contribution in [3.8, 4) is 11.5 Å². The maximum atomic E-state index is 12.2. The van der Waals surface area contributed by atoms with Crippen molar-refractivity contribution in [1.29, 1.82) is 0 Å². The Morgan fingerprint density at radius 2 is 1.85 bits per heavy atom. The van der Waals surface area contributed by atoms with E-state index >= 15 is 0 Å². The number of aromatic nitrogens is 1. The number of amides is 4. The second-order valence-corrected chi connectivity index (χ2v) is 6.55. The van der Waals surface area contributed by atoms with Gasteiger partial charge in [-0.25, -0.2) is 14.4 Å². The van der Waals surface area contributed by atoms with E-state index in [1.807, 2.05) is 6.07 Å². The molecule has 13 heteroatoms. The molecule has 0 radical (unpaired) electrons. The maximum absolute atomic E-state index is 12.2. The summed E-state index contributed by atoms with van der Waals surface area (Å²) in [7, 11) is 0. The van der Waals surface area contributed by atoms with E-state index in [1.54, 1.807) is 23.8 Å². The van der Waals surface area contributed by atoms with Crippen molar-refractivity contribution in [1.82, 2.24) is 26.3 Å². The number of hydrogen-bond acceptors (Lipinski definition) is 7. The van der Waals surface area contributed by atoms with Crippen LogP contribution in [-0.4, -0.2) is 70.0 Å². The molecule has 1 atom stereocenters. The van der Waals surface area contributed by atoms with Crippen molar-refractivity contribution >= 4 is 24.0 Å². The number of carbonyl (C=O) groups excluding carboxylic acids is 2.